The first kappa shape index (κ1) is 18.9. The molecule has 3 heterocycles. The van der Waals surface area contributed by atoms with Crippen molar-refractivity contribution in [2.75, 3.05) is 12.1 Å². The summed E-state index contributed by atoms with van der Waals surface area (Å²) in [5.41, 5.74) is 0.747. The number of amides is 1. The van der Waals surface area contributed by atoms with Crippen molar-refractivity contribution < 1.29 is 23.8 Å². The van der Waals surface area contributed by atoms with Gasteiger partial charge in [-0.15, -0.1) is 11.3 Å². The molecule has 0 saturated carbocycles. The smallest absolute Gasteiger partial charge is 0.349 e. The van der Waals surface area contributed by atoms with Gasteiger partial charge in [-0.05, 0) is 31.5 Å². The maximum atomic E-state index is 12.6. The number of ether oxygens (including phenoxy) is 3. The number of rotatable bonds is 4. The summed E-state index contributed by atoms with van der Waals surface area (Å²) >= 11 is 1.06. The van der Waals surface area contributed by atoms with Crippen LogP contribution in [0.4, 0.5) is 5.69 Å². The van der Waals surface area contributed by atoms with Gasteiger partial charge in [0.15, 0.2) is 17.6 Å². The fraction of sp³-hybridized carbons (Fsp3) is 0.263. The normalized spacial score (nSPS) is 13.3. The summed E-state index contributed by atoms with van der Waals surface area (Å²) in [5, 5.41) is 3.05. The van der Waals surface area contributed by atoms with Crippen LogP contribution in [0, 0.1) is 6.92 Å². The molecule has 150 valence electrons. The summed E-state index contributed by atoms with van der Waals surface area (Å²) in [4.78, 5) is 42.2. The van der Waals surface area contributed by atoms with Crippen molar-refractivity contribution in [2.24, 2.45) is 7.05 Å². The summed E-state index contributed by atoms with van der Waals surface area (Å²) < 4.78 is 17.2. The van der Waals surface area contributed by atoms with E-state index in [9.17, 15) is 14.4 Å². The molecule has 1 amide bonds. The van der Waals surface area contributed by atoms with E-state index in [1.54, 1.807) is 32.2 Å². The van der Waals surface area contributed by atoms with Crippen LogP contribution in [0.3, 0.4) is 0 Å². The molecule has 1 atom stereocenters. The van der Waals surface area contributed by atoms with Crippen molar-refractivity contribution >= 4 is 39.1 Å². The summed E-state index contributed by atoms with van der Waals surface area (Å²) in [5.74, 6) is -0.0456. The first-order chi connectivity index (χ1) is 13.8. The van der Waals surface area contributed by atoms with E-state index in [4.69, 9.17) is 14.2 Å². The van der Waals surface area contributed by atoms with Gasteiger partial charge in [0.2, 0.25) is 6.79 Å². The lowest BCUT2D eigenvalue weighted by atomic mass is 10.2. The Bertz CT molecular complexity index is 1200. The molecule has 3 aromatic rings. The molecule has 1 aliphatic heterocycles. The Morgan fingerprint density at radius 2 is 2.07 bits per heavy atom. The minimum absolute atomic E-state index is 0.132. The highest BCUT2D eigenvalue weighted by atomic mass is 32.1. The third-order valence-electron chi connectivity index (χ3n) is 4.49. The number of nitrogens with one attached hydrogen (secondary N) is 1. The molecular formula is C19H17N3O6S. The summed E-state index contributed by atoms with van der Waals surface area (Å²) in [6.45, 7) is 3.27. The van der Waals surface area contributed by atoms with Crippen molar-refractivity contribution in [1.82, 2.24) is 9.55 Å². The van der Waals surface area contributed by atoms with E-state index in [0.29, 0.717) is 33.0 Å². The van der Waals surface area contributed by atoms with Gasteiger partial charge in [-0.3, -0.25) is 9.59 Å². The van der Waals surface area contributed by atoms with E-state index in [1.807, 2.05) is 0 Å². The number of nitrogens with zero attached hydrogens (tertiary/aromatic N) is 2. The second-order valence-electron chi connectivity index (χ2n) is 6.50. The molecule has 1 unspecified atom stereocenters. The second-order valence-corrected chi connectivity index (χ2v) is 7.50. The Morgan fingerprint density at radius 3 is 2.86 bits per heavy atom. The molecule has 0 fully saturated rings. The van der Waals surface area contributed by atoms with Crippen LogP contribution in [0.15, 0.2) is 29.3 Å². The summed E-state index contributed by atoms with van der Waals surface area (Å²) in [7, 11) is 1.59. The van der Waals surface area contributed by atoms with Crippen LogP contribution in [0.25, 0.3) is 10.2 Å². The van der Waals surface area contributed by atoms with Gasteiger partial charge >= 0.3 is 5.97 Å². The Balaban J connectivity index is 1.49. The third kappa shape index (κ3) is 3.42. The van der Waals surface area contributed by atoms with E-state index in [-0.39, 0.29) is 17.2 Å². The number of anilines is 1. The minimum Gasteiger partial charge on any atom is -0.454 e. The zero-order chi connectivity index (χ0) is 20.7. The van der Waals surface area contributed by atoms with Gasteiger partial charge in [0.25, 0.3) is 11.5 Å². The van der Waals surface area contributed by atoms with Gasteiger partial charge < -0.3 is 24.1 Å². The number of carbonyl (C=O) groups is 2. The van der Waals surface area contributed by atoms with Crippen molar-refractivity contribution in [3.63, 3.8) is 0 Å². The van der Waals surface area contributed by atoms with Crippen LogP contribution in [0.1, 0.15) is 22.2 Å². The molecule has 10 heteroatoms. The van der Waals surface area contributed by atoms with E-state index < -0.39 is 18.0 Å². The molecule has 2 aromatic heterocycles. The average molecular weight is 415 g/mol. The number of hydrogen-bond acceptors (Lipinski definition) is 8. The number of carbonyl (C=O) groups excluding carboxylic acids is 2. The fourth-order valence-electron chi connectivity index (χ4n) is 2.89. The van der Waals surface area contributed by atoms with Crippen LogP contribution < -0.4 is 20.3 Å². The zero-order valence-corrected chi connectivity index (χ0v) is 16.7. The Kier molecular flexibility index (Phi) is 4.71. The number of benzene rings is 1. The number of fused-ring (bicyclic) bond motifs is 2. The molecular weight excluding hydrogens is 398 g/mol. The predicted molar refractivity (Wildman–Crippen MR) is 106 cm³/mol. The molecule has 0 spiro atoms. The van der Waals surface area contributed by atoms with Gasteiger partial charge in [-0.25, -0.2) is 9.78 Å². The number of thiophene rings is 1. The van der Waals surface area contributed by atoms with Crippen molar-refractivity contribution in [2.45, 2.75) is 20.0 Å². The van der Waals surface area contributed by atoms with Crippen molar-refractivity contribution in [3.05, 3.63) is 45.3 Å². The minimum atomic E-state index is -1.05. The molecule has 1 aromatic carbocycles. The Labute approximate surface area is 168 Å². The maximum Gasteiger partial charge on any atom is 0.349 e. The van der Waals surface area contributed by atoms with Gasteiger partial charge in [0.05, 0.1) is 11.7 Å². The van der Waals surface area contributed by atoms with E-state index >= 15 is 0 Å². The molecule has 1 aliphatic rings. The highest BCUT2D eigenvalue weighted by Gasteiger charge is 2.25. The molecule has 0 aliphatic carbocycles. The number of hydrogen-bond donors (Lipinski definition) is 1. The van der Waals surface area contributed by atoms with Gasteiger partial charge in [-0.2, -0.15) is 0 Å². The zero-order valence-electron chi connectivity index (χ0n) is 15.8. The molecule has 0 saturated heterocycles. The monoisotopic (exact) mass is 415 g/mol. The van der Waals surface area contributed by atoms with E-state index in [1.165, 1.54) is 17.8 Å². The molecule has 1 N–H and O–H groups in total. The number of aromatic nitrogens is 2. The lowest BCUT2D eigenvalue weighted by Gasteiger charge is -2.13. The third-order valence-corrected chi connectivity index (χ3v) is 5.67. The predicted octanol–water partition coefficient (Wildman–Crippen LogP) is 2.22. The van der Waals surface area contributed by atoms with E-state index in [0.717, 1.165) is 11.3 Å². The average Bonchev–Trinajstić information content (AvgIpc) is 3.28. The van der Waals surface area contributed by atoms with E-state index in [2.05, 4.69) is 10.3 Å². The Hall–Kier alpha value is -3.40. The van der Waals surface area contributed by atoms with Crippen LogP contribution in [-0.2, 0) is 16.6 Å². The highest BCUT2D eigenvalue weighted by Crippen LogP contribution is 2.34. The number of aryl methyl sites for hydroxylation is 2. The quantitative estimate of drug-likeness (QED) is 0.651. The van der Waals surface area contributed by atoms with Gasteiger partial charge in [0, 0.05) is 18.8 Å². The Morgan fingerprint density at radius 1 is 1.31 bits per heavy atom. The van der Waals surface area contributed by atoms with Crippen LogP contribution in [0.2, 0.25) is 0 Å². The fourth-order valence-corrected chi connectivity index (χ4v) is 3.91. The lowest BCUT2D eigenvalue weighted by molar-refractivity contribution is -0.123. The van der Waals surface area contributed by atoms with Crippen LogP contribution >= 0.6 is 11.3 Å². The summed E-state index contributed by atoms with van der Waals surface area (Å²) in [6.07, 6.45) is 0.352. The second kappa shape index (κ2) is 7.21. The molecule has 0 bridgehead atoms. The highest BCUT2D eigenvalue weighted by molar-refractivity contribution is 7.20. The van der Waals surface area contributed by atoms with Crippen molar-refractivity contribution in [1.29, 1.82) is 0 Å². The van der Waals surface area contributed by atoms with Crippen molar-refractivity contribution in [3.8, 4) is 11.5 Å². The first-order valence-electron chi connectivity index (χ1n) is 8.71. The SMILES string of the molecule is Cc1c(C(=O)OC(C)C(=O)Nc2ccc3c(c2)OCO3)sc2ncn(C)c(=O)c12. The van der Waals surface area contributed by atoms with Gasteiger partial charge in [0.1, 0.15) is 9.71 Å². The van der Waals surface area contributed by atoms with Gasteiger partial charge in [-0.1, -0.05) is 0 Å². The number of esters is 1. The molecule has 9 nitrogen and oxygen atoms in total. The molecule has 4 rings (SSSR count). The largest absolute Gasteiger partial charge is 0.454 e. The lowest BCUT2D eigenvalue weighted by Crippen LogP contribution is -2.30. The maximum absolute atomic E-state index is 12.6. The molecule has 0 radical (unpaired) electrons. The molecule has 29 heavy (non-hydrogen) atoms. The standard InChI is InChI=1S/C19H17N3O6S/c1-9-14-17(20-7-22(3)18(14)24)29-15(9)19(25)28-10(2)16(23)21-11-4-5-12-13(6-11)27-8-26-12/h4-7,10H,8H2,1-3H3,(H,21,23). The topological polar surface area (TPSA) is 109 Å². The van der Waals surface area contributed by atoms with Crippen LogP contribution in [-0.4, -0.2) is 34.3 Å². The van der Waals surface area contributed by atoms with Crippen LogP contribution in [0.5, 0.6) is 11.5 Å². The first-order valence-corrected chi connectivity index (χ1v) is 9.53. The summed E-state index contributed by atoms with van der Waals surface area (Å²) in [6, 6.07) is 4.98.